The Hall–Kier alpha value is -0.350. The second kappa shape index (κ2) is 4.24. The first-order chi connectivity index (χ1) is 6.02. The van der Waals surface area contributed by atoms with Crippen molar-refractivity contribution >= 4 is 33.0 Å². The average Bonchev–Trinajstić information content (AvgIpc) is 2.06. The lowest BCUT2D eigenvalue weighted by atomic mass is 10.1. The van der Waals surface area contributed by atoms with Crippen LogP contribution in [0.4, 0.5) is 8.78 Å². The quantitative estimate of drug-likeness (QED) is 0.581. The molecule has 0 fully saturated rings. The molecule has 0 N–H and O–H groups in total. The molecule has 0 bridgehead atoms. The second-order valence-corrected chi connectivity index (χ2v) is 4.26. The highest BCUT2D eigenvalue weighted by molar-refractivity contribution is 9.10. The van der Waals surface area contributed by atoms with Crippen LogP contribution in [0.25, 0.3) is 0 Å². The highest BCUT2D eigenvalue weighted by atomic mass is 79.9. The van der Waals surface area contributed by atoms with E-state index in [1.54, 1.807) is 6.92 Å². The lowest BCUT2D eigenvalue weighted by Crippen LogP contribution is -2.00. The summed E-state index contributed by atoms with van der Waals surface area (Å²) in [5, 5.41) is 0. The Bertz CT molecular complexity index is 350. The van der Waals surface area contributed by atoms with E-state index >= 15 is 0 Å². The molecule has 0 aliphatic rings. The summed E-state index contributed by atoms with van der Waals surface area (Å²) < 4.78 is 26.3. The first-order valence-electron chi connectivity index (χ1n) is 3.64. The van der Waals surface area contributed by atoms with Crippen molar-refractivity contribution in [3.05, 3.63) is 33.8 Å². The van der Waals surface area contributed by atoms with Crippen molar-refractivity contribution in [2.75, 3.05) is 0 Å². The summed E-state index contributed by atoms with van der Waals surface area (Å²) in [5.74, 6) is -1.67. The van der Waals surface area contributed by atoms with Gasteiger partial charge in [0.1, 0.15) is 0 Å². The van der Waals surface area contributed by atoms with Gasteiger partial charge in [0.2, 0.25) is 0 Å². The van der Waals surface area contributed by atoms with E-state index in [-0.39, 0.29) is 4.47 Å². The largest absolute Gasteiger partial charge is 0.203 e. The number of halogens is 3. The van der Waals surface area contributed by atoms with Gasteiger partial charge in [0.05, 0.1) is 4.47 Å². The van der Waals surface area contributed by atoms with Crippen molar-refractivity contribution in [3.63, 3.8) is 0 Å². The number of hydrogen-bond donors (Lipinski definition) is 0. The Morgan fingerprint density at radius 1 is 1.38 bits per heavy atom. The summed E-state index contributed by atoms with van der Waals surface area (Å²) in [6.07, 6.45) is 0.297. The van der Waals surface area contributed by atoms with E-state index in [9.17, 15) is 8.78 Å². The number of hydrogen-bond acceptors (Lipinski definition) is 1. The molecule has 0 unspecified atom stereocenters. The molecule has 1 aromatic rings. The first-order valence-corrected chi connectivity index (χ1v) is 4.84. The van der Waals surface area contributed by atoms with Crippen LogP contribution in [0.15, 0.2) is 16.6 Å². The normalized spacial score (nSPS) is 10.2. The molecular formula is C9H7BrF2S. The molecule has 1 rings (SSSR count). The maximum atomic E-state index is 13.2. The third-order valence-corrected chi connectivity index (χ3v) is 2.31. The maximum absolute atomic E-state index is 13.2. The number of thiocarbonyl (C=S) groups is 1. The van der Waals surface area contributed by atoms with Gasteiger partial charge in [-0.1, -0.05) is 18.3 Å². The van der Waals surface area contributed by atoms with Gasteiger partial charge in [-0.05, 0) is 39.3 Å². The summed E-state index contributed by atoms with van der Waals surface area (Å²) in [5.41, 5.74) is 0.299. The van der Waals surface area contributed by atoms with Gasteiger partial charge in [0.25, 0.3) is 0 Å². The molecule has 0 heterocycles. The van der Waals surface area contributed by atoms with Crippen LogP contribution in [0.5, 0.6) is 0 Å². The maximum Gasteiger partial charge on any atom is 0.173 e. The molecule has 0 saturated heterocycles. The molecule has 0 amide bonds. The summed E-state index contributed by atoms with van der Waals surface area (Å²) >= 11 is 7.71. The minimum Gasteiger partial charge on any atom is -0.203 e. The molecule has 0 aliphatic heterocycles. The minimum atomic E-state index is -0.853. The lowest BCUT2D eigenvalue weighted by Gasteiger charge is -2.03. The molecular weight excluding hydrogens is 258 g/mol. The van der Waals surface area contributed by atoms with Crippen molar-refractivity contribution < 1.29 is 8.78 Å². The SMILES string of the molecule is CC(=S)Cc1ccc(Br)c(F)c1F. The molecule has 13 heavy (non-hydrogen) atoms. The minimum absolute atomic E-state index is 0.135. The van der Waals surface area contributed by atoms with E-state index in [4.69, 9.17) is 12.2 Å². The third-order valence-electron chi connectivity index (χ3n) is 1.55. The topological polar surface area (TPSA) is 0 Å². The second-order valence-electron chi connectivity index (χ2n) is 2.71. The fourth-order valence-electron chi connectivity index (χ4n) is 0.971. The van der Waals surface area contributed by atoms with Gasteiger partial charge in [-0.15, -0.1) is 0 Å². The van der Waals surface area contributed by atoms with Crippen molar-refractivity contribution in [1.82, 2.24) is 0 Å². The van der Waals surface area contributed by atoms with E-state index in [0.29, 0.717) is 16.8 Å². The molecule has 0 aromatic heterocycles. The van der Waals surface area contributed by atoms with Gasteiger partial charge >= 0.3 is 0 Å². The van der Waals surface area contributed by atoms with Crippen LogP contribution in [0, 0.1) is 11.6 Å². The Labute approximate surface area is 89.1 Å². The predicted octanol–water partition coefficient (Wildman–Crippen LogP) is 3.66. The van der Waals surface area contributed by atoms with Gasteiger partial charge in [-0.2, -0.15) is 0 Å². The third kappa shape index (κ3) is 2.54. The van der Waals surface area contributed by atoms with E-state index in [2.05, 4.69) is 15.9 Å². The highest BCUT2D eigenvalue weighted by Crippen LogP contribution is 2.21. The van der Waals surface area contributed by atoms with Crippen LogP contribution in [0.2, 0.25) is 0 Å². The zero-order valence-corrected chi connectivity index (χ0v) is 9.31. The molecule has 0 atom stereocenters. The van der Waals surface area contributed by atoms with Crippen LogP contribution in [-0.4, -0.2) is 4.86 Å². The van der Waals surface area contributed by atoms with Gasteiger partial charge < -0.3 is 0 Å². The Kier molecular flexibility index (Phi) is 3.50. The van der Waals surface area contributed by atoms with E-state index in [1.807, 2.05) is 0 Å². The lowest BCUT2D eigenvalue weighted by molar-refractivity contribution is 0.497. The van der Waals surface area contributed by atoms with Crippen LogP contribution < -0.4 is 0 Å². The van der Waals surface area contributed by atoms with Crippen LogP contribution in [-0.2, 0) is 6.42 Å². The standard InChI is InChI=1S/C9H7BrF2S/c1-5(13)4-6-2-3-7(10)9(12)8(6)11/h2-3H,4H2,1H3. The molecule has 0 aliphatic carbocycles. The fourth-order valence-corrected chi connectivity index (χ4v) is 1.43. The zero-order valence-electron chi connectivity index (χ0n) is 6.90. The Balaban J connectivity index is 3.10. The van der Waals surface area contributed by atoms with Crippen molar-refractivity contribution in [2.24, 2.45) is 0 Å². The number of rotatable bonds is 2. The fraction of sp³-hybridized carbons (Fsp3) is 0.222. The molecule has 70 valence electrons. The molecule has 0 spiro atoms. The summed E-state index contributed by atoms with van der Waals surface area (Å²) in [4.78, 5) is 0.639. The molecule has 4 heteroatoms. The average molecular weight is 265 g/mol. The van der Waals surface area contributed by atoms with Gasteiger partial charge in [-0.25, -0.2) is 8.78 Å². The van der Waals surface area contributed by atoms with E-state index in [1.165, 1.54) is 12.1 Å². The van der Waals surface area contributed by atoms with Gasteiger partial charge in [0.15, 0.2) is 11.6 Å². The Morgan fingerprint density at radius 3 is 2.54 bits per heavy atom. The summed E-state index contributed by atoms with van der Waals surface area (Å²) in [6, 6.07) is 3.00. The van der Waals surface area contributed by atoms with Crippen LogP contribution in [0.3, 0.4) is 0 Å². The van der Waals surface area contributed by atoms with Crippen molar-refractivity contribution in [2.45, 2.75) is 13.3 Å². The molecule has 0 nitrogen and oxygen atoms in total. The zero-order chi connectivity index (χ0) is 10.0. The highest BCUT2D eigenvalue weighted by Gasteiger charge is 2.11. The summed E-state index contributed by atoms with van der Waals surface area (Å²) in [7, 11) is 0. The summed E-state index contributed by atoms with van der Waals surface area (Å²) in [6.45, 7) is 1.70. The predicted molar refractivity (Wildman–Crippen MR) is 56.0 cm³/mol. The van der Waals surface area contributed by atoms with Crippen LogP contribution >= 0.6 is 28.1 Å². The van der Waals surface area contributed by atoms with E-state index < -0.39 is 11.6 Å². The first kappa shape index (κ1) is 10.7. The Morgan fingerprint density at radius 2 is 2.00 bits per heavy atom. The smallest absolute Gasteiger partial charge is 0.173 e. The molecule has 1 aromatic carbocycles. The van der Waals surface area contributed by atoms with Crippen molar-refractivity contribution in [3.8, 4) is 0 Å². The van der Waals surface area contributed by atoms with Crippen LogP contribution in [0.1, 0.15) is 12.5 Å². The van der Waals surface area contributed by atoms with Gasteiger partial charge in [0, 0.05) is 6.42 Å². The monoisotopic (exact) mass is 264 g/mol. The van der Waals surface area contributed by atoms with E-state index in [0.717, 1.165) is 0 Å². The molecule has 0 radical (unpaired) electrons. The van der Waals surface area contributed by atoms with Crippen molar-refractivity contribution in [1.29, 1.82) is 0 Å². The number of benzene rings is 1. The molecule has 0 saturated carbocycles. The van der Waals surface area contributed by atoms with Gasteiger partial charge in [-0.3, -0.25) is 0 Å².